The Kier molecular flexibility index (Phi) is 5.63. The molecule has 0 bridgehead atoms. The molecule has 114 valence electrons. The third kappa shape index (κ3) is 4.23. The van der Waals surface area contributed by atoms with Gasteiger partial charge < -0.3 is 14.6 Å². The summed E-state index contributed by atoms with van der Waals surface area (Å²) in [6, 6.07) is 7.50. The van der Waals surface area contributed by atoms with Crippen LogP contribution in [0.4, 0.5) is 0 Å². The molecule has 1 aromatic carbocycles. The molecule has 0 unspecified atom stereocenters. The summed E-state index contributed by atoms with van der Waals surface area (Å²) < 4.78 is 13.2. The van der Waals surface area contributed by atoms with Crippen molar-refractivity contribution in [2.75, 3.05) is 13.2 Å². The standard InChI is InChI=1S/C16H22N2O3/c1-3-9-20-15-5-4-13(12-19)16(11-15)21-10-7-14-6-8-17-18(14)2/h4-6,8,11,19H,3,7,9-10,12H2,1-2H3. The maximum atomic E-state index is 9.38. The van der Waals surface area contributed by atoms with Crippen LogP contribution in [0.15, 0.2) is 30.5 Å². The first-order valence-corrected chi connectivity index (χ1v) is 7.21. The van der Waals surface area contributed by atoms with Gasteiger partial charge in [0.05, 0.1) is 19.8 Å². The summed E-state index contributed by atoms with van der Waals surface area (Å²) in [5.41, 5.74) is 1.88. The summed E-state index contributed by atoms with van der Waals surface area (Å²) in [6.07, 6.45) is 3.49. The summed E-state index contributed by atoms with van der Waals surface area (Å²) in [6.45, 7) is 3.22. The van der Waals surface area contributed by atoms with Gasteiger partial charge in [0.1, 0.15) is 11.5 Å². The molecule has 0 radical (unpaired) electrons. The molecule has 0 atom stereocenters. The second kappa shape index (κ2) is 7.69. The number of ether oxygens (including phenoxy) is 2. The monoisotopic (exact) mass is 290 g/mol. The third-order valence-corrected chi connectivity index (χ3v) is 3.22. The van der Waals surface area contributed by atoms with Crippen molar-refractivity contribution in [2.24, 2.45) is 7.05 Å². The van der Waals surface area contributed by atoms with Crippen LogP contribution in [-0.4, -0.2) is 28.1 Å². The van der Waals surface area contributed by atoms with E-state index < -0.39 is 0 Å². The van der Waals surface area contributed by atoms with Crippen LogP contribution in [0.3, 0.4) is 0 Å². The van der Waals surface area contributed by atoms with E-state index in [4.69, 9.17) is 9.47 Å². The molecule has 0 fully saturated rings. The van der Waals surface area contributed by atoms with Crippen molar-refractivity contribution in [1.82, 2.24) is 9.78 Å². The average Bonchev–Trinajstić information content (AvgIpc) is 2.91. The first kappa shape index (κ1) is 15.4. The van der Waals surface area contributed by atoms with Crippen LogP contribution < -0.4 is 9.47 Å². The lowest BCUT2D eigenvalue weighted by Gasteiger charge is -2.12. The molecule has 0 saturated carbocycles. The van der Waals surface area contributed by atoms with Crippen LogP contribution in [0.25, 0.3) is 0 Å². The average molecular weight is 290 g/mol. The number of nitrogens with zero attached hydrogens (tertiary/aromatic N) is 2. The topological polar surface area (TPSA) is 56.5 Å². The van der Waals surface area contributed by atoms with Crippen LogP contribution >= 0.6 is 0 Å². The molecule has 0 aliphatic heterocycles. The predicted octanol–water partition coefficient (Wildman–Crippen LogP) is 2.32. The number of rotatable bonds is 8. The molecule has 0 amide bonds. The molecule has 2 rings (SSSR count). The summed E-state index contributed by atoms with van der Waals surface area (Å²) in [4.78, 5) is 0. The van der Waals surface area contributed by atoms with E-state index in [1.165, 1.54) is 0 Å². The Bertz CT molecular complexity index is 566. The van der Waals surface area contributed by atoms with Gasteiger partial charge >= 0.3 is 0 Å². The summed E-state index contributed by atoms with van der Waals surface area (Å²) in [5, 5.41) is 13.5. The Labute approximate surface area is 125 Å². The highest BCUT2D eigenvalue weighted by Crippen LogP contribution is 2.25. The van der Waals surface area contributed by atoms with Crippen molar-refractivity contribution in [3.63, 3.8) is 0 Å². The number of aryl methyl sites for hydroxylation is 1. The fourth-order valence-corrected chi connectivity index (χ4v) is 2.02. The highest BCUT2D eigenvalue weighted by atomic mass is 16.5. The molecule has 0 spiro atoms. The number of aromatic nitrogens is 2. The van der Waals surface area contributed by atoms with E-state index in [1.807, 2.05) is 36.0 Å². The van der Waals surface area contributed by atoms with Gasteiger partial charge in [-0.1, -0.05) is 6.92 Å². The van der Waals surface area contributed by atoms with Crippen LogP contribution in [0.5, 0.6) is 11.5 Å². The van der Waals surface area contributed by atoms with Gasteiger partial charge in [-0.2, -0.15) is 5.10 Å². The molecular formula is C16H22N2O3. The van der Waals surface area contributed by atoms with Crippen molar-refractivity contribution >= 4 is 0 Å². The minimum Gasteiger partial charge on any atom is -0.493 e. The molecule has 1 heterocycles. The fourth-order valence-electron chi connectivity index (χ4n) is 2.02. The highest BCUT2D eigenvalue weighted by Gasteiger charge is 2.06. The van der Waals surface area contributed by atoms with Gasteiger partial charge in [0.2, 0.25) is 0 Å². The smallest absolute Gasteiger partial charge is 0.128 e. The minimum absolute atomic E-state index is 0.0465. The molecule has 0 aliphatic carbocycles. The van der Waals surface area contributed by atoms with Crippen LogP contribution in [0.2, 0.25) is 0 Å². The SMILES string of the molecule is CCCOc1ccc(CO)c(OCCc2ccnn2C)c1. The van der Waals surface area contributed by atoms with Crippen molar-refractivity contribution in [3.05, 3.63) is 41.7 Å². The Morgan fingerprint density at radius 3 is 2.71 bits per heavy atom. The fraction of sp³-hybridized carbons (Fsp3) is 0.438. The molecule has 1 aromatic heterocycles. The Morgan fingerprint density at radius 2 is 2.05 bits per heavy atom. The molecule has 2 aromatic rings. The zero-order valence-corrected chi connectivity index (χ0v) is 12.6. The number of benzene rings is 1. The van der Waals surface area contributed by atoms with Gasteiger partial charge in [0, 0.05) is 37.0 Å². The second-order valence-electron chi connectivity index (χ2n) is 4.82. The van der Waals surface area contributed by atoms with Crippen molar-refractivity contribution in [1.29, 1.82) is 0 Å². The van der Waals surface area contributed by atoms with Gasteiger partial charge in [0.25, 0.3) is 0 Å². The quantitative estimate of drug-likeness (QED) is 0.810. The van der Waals surface area contributed by atoms with E-state index >= 15 is 0 Å². The summed E-state index contributed by atoms with van der Waals surface area (Å²) >= 11 is 0. The number of aliphatic hydroxyl groups excluding tert-OH is 1. The molecular weight excluding hydrogens is 268 g/mol. The molecule has 5 nitrogen and oxygen atoms in total. The number of aliphatic hydroxyl groups is 1. The van der Waals surface area contributed by atoms with E-state index in [9.17, 15) is 5.11 Å². The minimum atomic E-state index is -0.0465. The number of hydrogen-bond acceptors (Lipinski definition) is 4. The number of hydrogen-bond donors (Lipinski definition) is 1. The predicted molar refractivity (Wildman–Crippen MR) is 80.6 cm³/mol. The molecule has 5 heteroatoms. The summed E-state index contributed by atoms with van der Waals surface area (Å²) in [7, 11) is 1.91. The Hall–Kier alpha value is -2.01. The van der Waals surface area contributed by atoms with Gasteiger partial charge in [-0.15, -0.1) is 0 Å². The van der Waals surface area contributed by atoms with Crippen LogP contribution in [-0.2, 0) is 20.1 Å². The maximum Gasteiger partial charge on any atom is 0.128 e. The lowest BCUT2D eigenvalue weighted by atomic mass is 10.2. The van der Waals surface area contributed by atoms with Crippen LogP contribution in [0.1, 0.15) is 24.6 Å². The first-order chi connectivity index (χ1) is 10.2. The second-order valence-corrected chi connectivity index (χ2v) is 4.82. The van der Waals surface area contributed by atoms with Crippen molar-refractivity contribution < 1.29 is 14.6 Å². The van der Waals surface area contributed by atoms with Gasteiger partial charge in [0.15, 0.2) is 0 Å². The zero-order valence-electron chi connectivity index (χ0n) is 12.6. The van der Waals surface area contributed by atoms with Crippen molar-refractivity contribution in [2.45, 2.75) is 26.4 Å². The normalized spacial score (nSPS) is 10.6. The molecule has 1 N–H and O–H groups in total. The lowest BCUT2D eigenvalue weighted by molar-refractivity contribution is 0.261. The van der Waals surface area contributed by atoms with E-state index in [1.54, 1.807) is 6.20 Å². The van der Waals surface area contributed by atoms with Gasteiger partial charge in [-0.05, 0) is 24.6 Å². The zero-order chi connectivity index (χ0) is 15.1. The Morgan fingerprint density at radius 1 is 1.19 bits per heavy atom. The highest BCUT2D eigenvalue weighted by molar-refractivity contribution is 5.40. The largest absolute Gasteiger partial charge is 0.493 e. The van der Waals surface area contributed by atoms with E-state index in [-0.39, 0.29) is 6.61 Å². The van der Waals surface area contributed by atoms with Gasteiger partial charge in [-0.25, -0.2) is 0 Å². The lowest BCUT2D eigenvalue weighted by Crippen LogP contribution is -2.07. The van der Waals surface area contributed by atoms with Crippen molar-refractivity contribution in [3.8, 4) is 11.5 Å². The third-order valence-electron chi connectivity index (χ3n) is 3.22. The van der Waals surface area contributed by atoms with E-state index in [2.05, 4.69) is 12.0 Å². The van der Waals surface area contributed by atoms with Gasteiger partial charge in [-0.3, -0.25) is 4.68 Å². The van der Waals surface area contributed by atoms with Crippen LogP contribution in [0, 0.1) is 0 Å². The first-order valence-electron chi connectivity index (χ1n) is 7.21. The van der Waals surface area contributed by atoms with E-state index in [0.29, 0.717) is 19.0 Å². The molecule has 0 aliphatic rings. The molecule has 21 heavy (non-hydrogen) atoms. The molecule has 0 saturated heterocycles. The maximum absolute atomic E-state index is 9.38. The Balaban J connectivity index is 1.98. The van der Waals surface area contributed by atoms with E-state index in [0.717, 1.165) is 29.8 Å². The summed E-state index contributed by atoms with van der Waals surface area (Å²) in [5.74, 6) is 1.44.